The summed E-state index contributed by atoms with van der Waals surface area (Å²) in [5.74, 6) is 0.761. The van der Waals surface area contributed by atoms with Crippen LogP contribution >= 0.6 is 8.00 Å². The quantitative estimate of drug-likeness (QED) is 0.617. The van der Waals surface area contributed by atoms with Gasteiger partial charge in [-0.15, -0.1) is 0 Å². The summed E-state index contributed by atoms with van der Waals surface area (Å²) in [5, 5.41) is 1.07. The Morgan fingerprint density at radius 3 is 3.07 bits per heavy atom. The third-order valence-corrected chi connectivity index (χ3v) is 3.76. The van der Waals surface area contributed by atoms with Crippen LogP contribution in [0.4, 0.5) is 0 Å². The zero-order valence-corrected chi connectivity index (χ0v) is 8.91. The molecule has 2 nitrogen and oxygen atoms in total. The molecule has 0 amide bonds. The summed E-state index contributed by atoms with van der Waals surface area (Å²) in [7, 11) is -1.72. The summed E-state index contributed by atoms with van der Waals surface area (Å²) in [6.07, 6.45) is 6.75. The van der Waals surface area contributed by atoms with Gasteiger partial charge in [0.25, 0.3) is 8.00 Å². The van der Waals surface area contributed by atoms with E-state index in [0.717, 1.165) is 27.9 Å². The van der Waals surface area contributed by atoms with Gasteiger partial charge in [0.15, 0.2) is 10.7 Å². The van der Waals surface area contributed by atoms with Crippen LogP contribution in [0.15, 0.2) is 48.3 Å². The molecule has 1 aliphatic carbocycles. The van der Waals surface area contributed by atoms with Gasteiger partial charge >= 0.3 is 0 Å². The van der Waals surface area contributed by atoms with Crippen LogP contribution in [-0.4, -0.2) is 0 Å². The molecule has 0 bridgehead atoms. The number of fused-ring (bicyclic) bond motifs is 2. The van der Waals surface area contributed by atoms with Crippen LogP contribution in [0.5, 0.6) is 0 Å². The Morgan fingerprint density at radius 1 is 1.27 bits per heavy atom. The van der Waals surface area contributed by atoms with E-state index < -0.39 is 8.00 Å². The lowest BCUT2D eigenvalue weighted by atomic mass is 10.0. The van der Waals surface area contributed by atoms with Crippen LogP contribution in [0.3, 0.4) is 0 Å². The van der Waals surface area contributed by atoms with E-state index in [0.29, 0.717) is 0 Å². The van der Waals surface area contributed by atoms with Crippen molar-refractivity contribution in [1.82, 2.24) is 0 Å². The number of rotatable bonds is 0. The van der Waals surface area contributed by atoms with Gasteiger partial charge in [-0.1, -0.05) is 24.3 Å². The molecule has 0 radical (unpaired) electrons. The molecule has 2 aliphatic rings. The van der Waals surface area contributed by atoms with Gasteiger partial charge in [-0.25, -0.2) is 0 Å². The monoisotopic (exact) mass is 216 g/mol. The maximum Gasteiger partial charge on any atom is 0.285 e. The van der Waals surface area contributed by atoms with Gasteiger partial charge in [-0.3, -0.25) is 4.52 Å². The fraction of sp³-hybridized carbons (Fsp3) is 0.0833. The minimum absolute atomic E-state index is 0.761. The Hall–Kier alpha value is -1.37. The number of hydrogen-bond acceptors (Lipinski definition) is 2. The highest BCUT2D eigenvalue weighted by Crippen LogP contribution is 2.33. The zero-order valence-electron chi connectivity index (χ0n) is 8.01. The fourth-order valence-corrected chi connectivity index (χ4v) is 2.96. The van der Waals surface area contributed by atoms with Crippen LogP contribution < -0.4 is 10.1 Å². The molecule has 1 atom stereocenters. The number of allylic oxidation sites excluding steroid dienone is 4. The molecule has 74 valence electrons. The molecule has 1 aromatic carbocycles. The summed E-state index contributed by atoms with van der Waals surface area (Å²) in [6, 6.07) is 7.74. The van der Waals surface area contributed by atoms with Gasteiger partial charge in [-0.05, 0) is 24.6 Å². The molecule has 0 N–H and O–H groups in total. The third kappa shape index (κ3) is 1.34. The first-order valence-corrected chi connectivity index (χ1v) is 6.01. The third-order valence-electron chi connectivity index (χ3n) is 2.61. The van der Waals surface area contributed by atoms with Gasteiger partial charge < -0.3 is 4.89 Å². The second-order valence-corrected chi connectivity index (χ2v) is 4.69. The van der Waals surface area contributed by atoms with Crippen molar-refractivity contribution in [3.63, 3.8) is 0 Å². The molecule has 15 heavy (non-hydrogen) atoms. The predicted octanol–water partition coefficient (Wildman–Crippen LogP) is 1.63. The van der Waals surface area contributed by atoms with Crippen molar-refractivity contribution in [3.8, 4) is 0 Å². The average Bonchev–Trinajstić information content (AvgIpc) is 2.30. The molecular formula is C12H9O2P. The van der Waals surface area contributed by atoms with E-state index in [9.17, 15) is 4.89 Å². The Kier molecular flexibility index (Phi) is 1.98. The summed E-state index contributed by atoms with van der Waals surface area (Å²) < 4.78 is 5.40. The minimum Gasteiger partial charge on any atom is -0.594 e. The summed E-state index contributed by atoms with van der Waals surface area (Å²) in [4.78, 5) is 12.6. The first-order valence-electron chi connectivity index (χ1n) is 4.84. The van der Waals surface area contributed by atoms with Crippen LogP contribution in [0.25, 0.3) is 5.57 Å². The van der Waals surface area contributed by atoms with Crippen molar-refractivity contribution in [2.45, 2.75) is 6.42 Å². The SMILES string of the molecule is [O-][P+]1=c2ccccc2=C2CC=CC=C2O1. The van der Waals surface area contributed by atoms with E-state index in [1.54, 1.807) is 0 Å². The molecule has 0 saturated heterocycles. The maximum atomic E-state index is 11.8. The Bertz CT molecular complexity index is 596. The number of hydrogen-bond donors (Lipinski definition) is 0. The molecule has 1 heterocycles. The lowest BCUT2D eigenvalue weighted by molar-refractivity contribution is -0.170. The predicted molar refractivity (Wildman–Crippen MR) is 58.2 cm³/mol. The molecule has 3 heteroatoms. The number of benzene rings is 1. The van der Waals surface area contributed by atoms with Gasteiger partial charge in [0.2, 0.25) is 0 Å². The topological polar surface area (TPSA) is 32.3 Å². The molecule has 0 aromatic heterocycles. The second-order valence-electron chi connectivity index (χ2n) is 3.51. The van der Waals surface area contributed by atoms with Crippen LogP contribution in [0.2, 0.25) is 0 Å². The molecule has 0 spiro atoms. The fourth-order valence-electron chi connectivity index (χ4n) is 1.90. The average molecular weight is 216 g/mol. The maximum absolute atomic E-state index is 11.8. The normalized spacial score (nSPS) is 20.2. The highest BCUT2D eigenvalue weighted by molar-refractivity contribution is 7.36. The van der Waals surface area contributed by atoms with Crippen molar-refractivity contribution in [2.75, 3.05) is 0 Å². The van der Waals surface area contributed by atoms with Crippen molar-refractivity contribution in [3.05, 3.63) is 58.4 Å². The minimum atomic E-state index is -1.72. The van der Waals surface area contributed by atoms with Crippen LogP contribution in [0, 0.1) is 4.94 Å². The van der Waals surface area contributed by atoms with E-state index in [-0.39, 0.29) is 0 Å². The van der Waals surface area contributed by atoms with Crippen molar-refractivity contribution in [1.29, 1.82) is 0 Å². The van der Waals surface area contributed by atoms with Crippen molar-refractivity contribution in [2.24, 2.45) is 0 Å². The highest BCUT2D eigenvalue weighted by atomic mass is 31.1. The van der Waals surface area contributed by atoms with Gasteiger partial charge in [0.1, 0.15) is 0 Å². The first kappa shape index (κ1) is 8.90. The van der Waals surface area contributed by atoms with Crippen LogP contribution in [0.1, 0.15) is 6.42 Å². The van der Waals surface area contributed by atoms with Crippen LogP contribution in [-0.2, 0) is 4.52 Å². The van der Waals surface area contributed by atoms with Gasteiger partial charge in [-0.2, -0.15) is 0 Å². The van der Waals surface area contributed by atoms with Gasteiger partial charge in [0, 0.05) is 10.8 Å². The molecule has 1 aliphatic heterocycles. The molecule has 0 fully saturated rings. The molecule has 3 rings (SSSR count). The largest absolute Gasteiger partial charge is 0.594 e. The Morgan fingerprint density at radius 2 is 2.13 bits per heavy atom. The van der Waals surface area contributed by atoms with E-state index in [4.69, 9.17) is 4.52 Å². The summed E-state index contributed by atoms with van der Waals surface area (Å²) in [6.45, 7) is 0. The molecular weight excluding hydrogens is 207 g/mol. The van der Waals surface area contributed by atoms with E-state index in [1.165, 1.54) is 0 Å². The van der Waals surface area contributed by atoms with E-state index >= 15 is 0 Å². The molecule has 1 aromatic rings. The lowest BCUT2D eigenvalue weighted by Crippen LogP contribution is -2.16. The lowest BCUT2D eigenvalue weighted by Gasteiger charge is -2.14. The second kappa shape index (κ2) is 3.34. The summed E-state index contributed by atoms with van der Waals surface area (Å²) in [5.41, 5.74) is 1.14. The molecule has 0 saturated carbocycles. The smallest absolute Gasteiger partial charge is 0.285 e. The standard InChI is InChI=1S/C12H9O2P/c13-15-12-8-4-2-6-10(12)9-5-1-3-7-11(9)14-15/h1-4,6-8H,5H2. The first-order chi connectivity index (χ1) is 7.36. The Labute approximate surface area is 88.4 Å². The van der Waals surface area contributed by atoms with E-state index in [2.05, 4.69) is 6.08 Å². The highest BCUT2D eigenvalue weighted by Gasteiger charge is 2.20. The Balaban J connectivity index is 2.46. The van der Waals surface area contributed by atoms with Crippen molar-refractivity contribution < 1.29 is 9.42 Å². The van der Waals surface area contributed by atoms with Gasteiger partial charge in [0.05, 0.1) is 0 Å². The van der Waals surface area contributed by atoms with E-state index in [1.807, 2.05) is 36.4 Å². The zero-order chi connectivity index (χ0) is 10.3. The van der Waals surface area contributed by atoms with Crippen molar-refractivity contribution >= 4 is 13.6 Å². The molecule has 1 unspecified atom stereocenters. The summed E-state index contributed by atoms with van der Waals surface area (Å²) >= 11 is 0.